The summed E-state index contributed by atoms with van der Waals surface area (Å²) in [5.41, 5.74) is 1.74. The maximum atomic E-state index is 9.52. The van der Waals surface area contributed by atoms with Crippen LogP contribution >= 0.6 is 0 Å². The molecule has 0 fully saturated rings. The van der Waals surface area contributed by atoms with Gasteiger partial charge in [-0.15, -0.1) is 6.58 Å². The Balaban J connectivity index is 3.27. The van der Waals surface area contributed by atoms with E-state index in [1.807, 2.05) is 19.1 Å². The van der Waals surface area contributed by atoms with E-state index >= 15 is 0 Å². The van der Waals surface area contributed by atoms with E-state index in [4.69, 9.17) is 0 Å². The monoisotopic (exact) mass is 173 g/mol. The minimum Gasteiger partial charge on any atom is -0.507 e. The zero-order chi connectivity index (χ0) is 9.84. The molecule has 0 unspecified atom stereocenters. The van der Waals surface area contributed by atoms with E-state index in [0.29, 0.717) is 0 Å². The largest absolute Gasteiger partial charge is 0.507 e. The van der Waals surface area contributed by atoms with Gasteiger partial charge in [0.2, 0.25) is 0 Å². The van der Waals surface area contributed by atoms with Gasteiger partial charge in [0.25, 0.3) is 0 Å². The molecule has 0 atom stereocenters. The minimum absolute atomic E-state index is 0.258. The molecular formula is C12H13O. The first kappa shape index (κ1) is 9.59. The molecule has 0 aliphatic carbocycles. The van der Waals surface area contributed by atoms with Gasteiger partial charge in [-0.2, -0.15) is 0 Å². The van der Waals surface area contributed by atoms with Crippen LogP contribution in [0.15, 0.2) is 37.4 Å². The molecule has 0 aliphatic heterocycles. The van der Waals surface area contributed by atoms with Crippen LogP contribution in [0, 0.1) is 5.92 Å². The number of rotatable bonds is 3. The Morgan fingerprint density at radius 3 is 2.62 bits per heavy atom. The summed E-state index contributed by atoms with van der Waals surface area (Å²) < 4.78 is 0. The van der Waals surface area contributed by atoms with Gasteiger partial charge in [-0.3, -0.25) is 0 Å². The van der Waals surface area contributed by atoms with Crippen LogP contribution in [0.4, 0.5) is 0 Å². The Kier molecular flexibility index (Phi) is 2.91. The lowest BCUT2D eigenvalue weighted by Gasteiger charge is -2.10. The molecule has 67 valence electrons. The van der Waals surface area contributed by atoms with Gasteiger partial charge >= 0.3 is 0 Å². The molecule has 0 spiro atoms. The number of hydrogen-bond acceptors (Lipinski definition) is 1. The SMILES string of the molecule is C=C[C](C)c1cccc(O)c1C=C. The average molecular weight is 173 g/mol. The first-order valence-corrected chi connectivity index (χ1v) is 4.11. The van der Waals surface area contributed by atoms with Gasteiger partial charge in [-0.05, 0) is 11.6 Å². The van der Waals surface area contributed by atoms with Crippen molar-refractivity contribution in [2.75, 3.05) is 0 Å². The zero-order valence-electron chi connectivity index (χ0n) is 7.75. The third-order valence-electron chi connectivity index (χ3n) is 2.02. The lowest BCUT2D eigenvalue weighted by atomic mass is 9.95. The molecule has 0 bridgehead atoms. The van der Waals surface area contributed by atoms with E-state index < -0.39 is 0 Å². The van der Waals surface area contributed by atoms with Crippen molar-refractivity contribution in [3.8, 4) is 5.75 Å². The van der Waals surface area contributed by atoms with Crippen molar-refractivity contribution < 1.29 is 5.11 Å². The number of aromatic hydroxyl groups is 1. The van der Waals surface area contributed by atoms with Crippen molar-refractivity contribution in [2.24, 2.45) is 0 Å². The summed E-state index contributed by atoms with van der Waals surface area (Å²) in [6.07, 6.45) is 3.42. The summed E-state index contributed by atoms with van der Waals surface area (Å²) in [6, 6.07) is 5.40. The Morgan fingerprint density at radius 1 is 1.38 bits per heavy atom. The highest BCUT2D eigenvalue weighted by atomic mass is 16.3. The Hall–Kier alpha value is -1.50. The molecule has 0 amide bonds. The summed E-state index contributed by atoms with van der Waals surface area (Å²) >= 11 is 0. The Morgan fingerprint density at radius 2 is 2.08 bits per heavy atom. The van der Waals surface area contributed by atoms with Crippen molar-refractivity contribution in [3.63, 3.8) is 0 Å². The van der Waals surface area contributed by atoms with Crippen molar-refractivity contribution in [1.82, 2.24) is 0 Å². The van der Waals surface area contributed by atoms with Crippen molar-refractivity contribution >= 4 is 6.08 Å². The summed E-state index contributed by atoms with van der Waals surface area (Å²) in [4.78, 5) is 0. The Labute approximate surface area is 79.0 Å². The van der Waals surface area contributed by atoms with Crippen LogP contribution in [0.3, 0.4) is 0 Å². The van der Waals surface area contributed by atoms with Crippen molar-refractivity contribution in [1.29, 1.82) is 0 Å². The molecule has 1 N–H and O–H groups in total. The molecule has 1 aromatic rings. The van der Waals surface area contributed by atoms with Gasteiger partial charge in [0.05, 0.1) is 0 Å². The molecule has 0 aromatic heterocycles. The maximum absolute atomic E-state index is 9.52. The second-order valence-corrected chi connectivity index (χ2v) is 2.83. The van der Waals surface area contributed by atoms with Gasteiger partial charge < -0.3 is 5.11 Å². The molecule has 1 aromatic carbocycles. The summed E-state index contributed by atoms with van der Waals surface area (Å²) in [5, 5.41) is 9.52. The Bertz CT molecular complexity index is 326. The molecular weight excluding hydrogens is 160 g/mol. The van der Waals surface area contributed by atoms with E-state index in [0.717, 1.165) is 17.0 Å². The highest BCUT2D eigenvalue weighted by molar-refractivity contribution is 5.63. The number of phenolic OH excluding ortho intramolecular Hbond substituents is 1. The van der Waals surface area contributed by atoms with Crippen LogP contribution in [0.25, 0.3) is 6.08 Å². The first-order valence-electron chi connectivity index (χ1n) is 4.11. The second kappa shape index (κ2) is 3.94. The molecule has 0 saturated carbocycles. The minimum atomic E-state index is 0.258. The van der Waals surface area contributed by atoms with Crippen molar-refractivity contribution in [3.05, 3.63) is 54.5 Å². The van der Waals surface area contributed by atoms with E-state index in [2.05, 4.69) is 13.2 Å². The number of phenols is 1. The predicted molar refractivity (Wildman–Crippen MR) is 56.4 cm³/mol. The molecule has 1 heteroatoms. The van der Waals surface area contributed by atoms with Crippen molar-refractivity contribution in [2.45, 2.75) is 6.92 Å². The number of allylic oxidation sites excluding steroid dienone is 1. The van der Waals surface area contributed by atoms with E-state index in [9.17, 15) is 5.11 Å². The van der Waals surface area contributed by atoms with Crippen LogP contribution < -0.4 is 0 Å². The molecule has 1 rings (SSSR count). The normalized spacial score (nSPS) is 10.0. The lowest BCUT2D eigenvalue weighted by Crippen LogP contribution is -1.93. The summed E-state index contributed by atoms with van der Waals surface area (Å²) in [7, 11) is 0. The predicted octanol–water partition coefficient (Wildman–Crippen LogP) is 3.16. The highest BCUT2D eigenvalue weighted by Crippen LogP contribution is 2.27. The molecule has 0 aliphatic rings. The number of hydrogen-bond donors (Lipinski definition) is 1. The standard InChI is InChI=1S/C12H13O/c1-4-9(3)11-7-6-8-12(13)10(11)5-2/h4-8,13H,1-2H2,3H3. The van der Waals surface area contributed by atoms with Gasteiger partial charge in [-0.25, -0.2) is 0 Å². The molecule has 13 heavy (non-hydrogen) atoms. The van der Waals surface area contributed by atoms with Gasteiger partial charge in [-0.1, -0.05) is 37.8 Å². The molecule has 0 saturated heterocycles. The van der Waals surface area contributed by atoms with Gasteiger partial charge in [0.1, 0.15) is 5.75 Å². The van der Waals surface area contributed by atoms with Crippen LogP contribution in [0.5, 0.6) is 5.75 Å². The quantitative estimate of drug-likeness (QED) is 0.744. The third kappa shape index (κ3) is 1.81. The van der Waals surface area contributed by atoms with Gasteiger partial charge in [0.15, 0.2) is 0 Å². The highest BCUT2D eigenvalue weighted by Gasteiger charge is 2.08. The fourth-order valence-corrected chi connectivity index (χ4v) is 1.22. The molecule has 0 heterocycles. The average Bonchev–Trinajstić information content (AvgIpc) is 2.16. The lowest BCUT2D eigenvalue weighted by molar-refractivity contribution is 0.473. The fraction of sp³-hybridized carbons (Fsp3) is 0.0833. The topological polar surface area (TPSA) is 20.2 Å². The fourth-order valence-electron chi connectivity index (χ4n) is 1.22. The van der Waals surface area contributed by atoms with Crippen LogP contribution in [-0.2, 0) is 0 Å². The van der Waals surface area contributed by atoms with E-state index in [1.54, 1.807) is 18.2 Å². The molecule has 1 radical (unpaired) electrons. The first-order chi connectivity index (χ1) is 6.20. The van der Waals surface area contributed by atoms with Crippen LogP contribution in [0.2, 0.25) is 0 Å². The number of benzene rings is 1. The van der Waals surface area contributed by atoms with E-state index in [1.165, 1.54) is 0 Å². The second-order valence-electron chi connectivity index (χ2n) is 2.83. The van der Waals surface area contributed by atoms with Crippen LogP contribution in [0.1, 0.15) is 18.1 Å². The zero-order valence-corrected chi connectivity index (χ0v) is 7.75. The van der Waals surface area contributed by atoms with Gasteiger partial charge in [0, 0.05) is 11.5 Å². The summed E-state index contributed by atoms with van der Waals surface area (Å²) in [6.45, 7) is 9.30. The van der Waals surface area contributed by atoms with Crippen LogP contribution in [-0.4, -0.2) is 5.11 Å². The van der Waals surface area contributed by atoms with E-state index in [-0.39, 0.29) is 5.75 Å². The third-order valence-corrected chi connectivity index (χ3v) is 2.02. The maximum Gasteiger partial charge on any atom is 0.123 e. The summed E-state index contributed by atoms with van der Waals surface area (Å²) in [5.74, 6) is 1.29. The smallest absolute Gasteiger partial charge is 0.123 e. The molecule has 1 nitrogen and oxygen atoms in total.